The lowest BCUT2D eigenvalue weighted by atomic mass is 9.56. The van der Waals surface area contributed by atoms with E-state index in [1.165, 1.54) is 44.1 Å². The first-order chi connectivity index (χ1) is 9.60. The first kappa shape index (κ1) is 12.6. The van der Waals surface area contributed by atoms with Crippen LogP contribution in [0.2, 0.25) is 0 Å². The Bertz CT molecular complexity index is 551. The second-order valence-electron chi connectivity index (χ2n) is 7.50. The predicted molar refractivity (Wildman–Crippen MR) is 79.0 cm³/mol. The van der Waals surface area contributed by atoms with Crippen molar-refractivity contribution in [2.45, 2.75) is 57.8 Å². The van der Waals surface area contributed by atoms with Gasteiger partial charge in [0.15, 0.2) is 11.5 Å². The van der Waals surface area contributed by atoms with Crippen molar-refractivity contribution in [2.24, 2.45) is 17.3 Å². The number of phenols is 2. The Morgan fingerprint density at radius 1 is 1.10 bits per heavy atom. The highest BCUT2D eigenvalue weighted by Crippen LogP contribution is 2.61. The molecule has 4 atom stereocenters. The summed E-state index contributed by atoms with van der Waals surface area (Å²) in [6.07, 6.45) is 8.93. The molecule has 3 aliphatic rings. The highest BCUT2D eigenvalue weighted by molar-refractivity contribution is 5.51. The van der Waals surface area contributed by atoms with Gasteiger partial charge in [-0.05, 0) is 73.3 Å². The van der Waals surface area contributed by atoms with Gasteiger partial charge < -0.3 is 10.2 Å². The summed E-state index contributed by atoms with van der Waals surface area (Å²) in [5.41, 5.74) is 2.93. The standard InChI is InChI=1S/C18H24O2/c1-18-9-2-3-15(18)13-4-5-14-11(12(13)8-10-18)6-7-16(19)17(14)20/h6-7,12-13,15,19-20H,2-5,8-10H2,1H3. The van der Waals surface area contributed by atoms with Crippen LogP contribution in [0.15, 0.2) is 12.1 Å². The topological polar surface area (TPSA) is 40.5 Å². The number of aromatic hydroxyl groups is 2. The molecule has 20 heavy (non-hydrogen) atoms. The molecule has 1 aromatic rings. The van der Waals surface area contributed by atoms with E-state index in [2.05, 4.69) is 13.0 Å². The zero-order valence-corrected chi connectivity index (χ0v) is 12.2. The number of benzene rings is 1. The van der Waals surface area contributed by atoms with Gasteiger partial charge in [0.25, 0.3) is 0 Å². The maximum absolute atomic E-state index is 10.1. The first-order valence-electron chi connectivity index (χ1n) is 8.14. The number of phenolic OH excluding ortho intramolecular Hbond substituents is 2. The molecule has 0 aromatic heterocycles. The Morgan fingerprint density at radius 2 is 1.95 bits per heavy atom. The molecule has 2 saturated carbocycles. The van der Waals surface area contributed by atoms with Gasteiger partial charge in [-0.1, -0.05) is 19.4 Å². The van der Waals surface area contributed by atoms with Gasteiger partial charge in [0.2, 0.25) is 0 Å². The molecule has 2 heteroatoms. The largest absolute Gasteiger partial charge is 0.504 e. The number of fused-ring (bicyclic) bond motifs is 5. The van der Waals surface area contributed by atoms with E-state index in [9.17, 15) is 10.2 Å². The third-order valence-corrected chi connectivity index (χ3v) is 6.64. The van der Waals surface area contributed by atoms with Crippen LogP contribution >= 0.6 is 0 Å². The Balaban J connectivity index is 1.75. The first-order valence-corrected chi connectivity index (χ1v) is 8.14. The normalized spacial score (nSPS) is 39.0. The summed E-state index contributed by atoms with van der Waals surface area (Å²) in [5.74, 6) is 2.48. The highest BCUT2D eigenvalue weighted by atomic mass is 16.3. The Hall–Kier alpha value is -1.18. The van der Waals surface area contributed by atoms with Crippen molar-refractivity contribution in [3.05, 3.63) is 23.3 Å². The van der Waals surface area contributed by atoms with Crippen LogP contribution in [0.4, 0.5) is 0 Å². The molecule has 0 heterocycles. The smallest absolute Gasteiger partial charge is 0.160 e. The fourth-order valence-corrected chi connectivity index (χ4v) is 5.63. The minimum Gasteiger partial charge on any atom is -0.504 e. The molecule has 2 fully saturated rings. The van der Waals surface area contributed by atoms with Gasteiger partial charge in [0.1, 0.15) is 0 Å². The lowest BCUT2D eigenvalue weighted by molar-refractivity contribution is 0.0595. The summed E-state index contributed by atoms with van der Waals surface area (Å²) < 4.78 is 0. The summed E-state index contributed by atoms with van der Waals surface area (Å²) in [7, 11) is 0. The summed E-state index contributed by atoms with van der Waals surface area (Å²) in [5, 5.41) is 19.8. The van der Waals surface area contributed by atoms with Gasteiger partial charge in [-0.2, -0.15) is 0 Å². The van der Waals surface area contributed by atoms with Crippen LogP contribution in [-0.2, 0) is 6.42 Å². The number of rotatable bonds is 0. The van der Waals surface area contributed by atoms with E-state index in [0.29, 0.717) is 11.3 Å². The summed E-state index contributed by atoms with van der Waals surface area (Å²) in [4.78, 5) is 0. The van der Waals surface area contributed by atoms with Gasteiger partial charge in [-0.3, -0.25) is 0 Å². The van der Waals surface area contributed by atoms with Crippen LogP contribution in [0, 0.1) is 17.3 Å². The molecular formula is C18H24O2. The lowest BCUT2D eigenvalue weighted by Crippen LogP contribution is -2.39. The lowest BCUT2D eigenvalue weighted by Gasteiger charge is -2.49. The molecule has 2 nitrogen and oxygen atoms in total. The fraction of sp³-hybridized carbons (Fsp3) is 0.667. The van der Waals surface area contributed by atoms with Crippen LogP contribution in [0.5, 0.6) is 11.5 Å². The molecule has 0 saturated heterocycles. The Morgan fingerprint density at radius 3 is 2.80 bits per heavy atom. The van der Waals surface area contributed by atoms with Crippen molar-refractivity contribution < 1.29 is 10.2 Å². The molecule has 4 rings (SSSR count). The Labute approximate surface area is 120 Å². The van der Waals surface area contributed by atoms with Crippen LogP contribution in [0.3, 0.4) is 0 Å². The molecule has 3 aliphatic carbocycles. The van der Waals surface area contributed by atoms with E-state index in [4.69, 9.17) is 0 Å². The van der Waals surface area contributed by atoms with Gasteiger partial charge in [-0.15, -0.1) is 0 Å². The molecule has 0 spiro atoms. The minimum absolute atomic E-state index is 0.0451. The van der Waals surface area contributed by atoms with Crippen LogP contribution < -0.4 is 0 Å². The third kappa shape index (κ3) is 1.57. The van der Waals surface area contributed by atoms with Crippen molar-refractivity contribution in [3.63, 3.8) is 0 Å². The number of hydrogen-bond acceptors (Lipinski definition) is 2. The molecule has 0 bridgehead atoms. The monoisotopic (exact) mass is 272 g/mol. The maximum Gasteiger partial charge on any atom is 0.160 e. The zero-order chi connectivity index (χ0) is 13.9. The second kappa shape index (κ2) is 4.16. The van der Waals surface area contributed by atoms with Crippen molar-refractivity contribution in [2.75, 3.05) is 0 Å². The van der Waals surface area contributed by atoms with E-state index >= 15 is 0 Å². The van der Waals surface area contributed by atoms with E-state index < -0.39 is 0 Å². The van der Waals surface area contributed by atoms with E-state index in [1.807, 2.05) is 0 Å². The fourth-order valence-electron chi connectivity index (χ4n) is 5.63. The SMILES string of the molecule is CC12CCCC1C1CCc3c(ccc(O)c3O)C1CC2. The van der Waals surface area contributed by atoms with Gasteiger partial charge in [0, 0.05) is 5.56 Å². The van der Waals surface area contributed by atoms with Gasteiger partial charge in [0.05, 0.1) is 0 Å². The van der Waals surface area contributed by atoms with Crippen LogP contribution in [0.1, 0.15) is 62.5 Å². The summed E-state index contributed by atoms with van der Waals surface area (Å²) in [6.45, 7) is 2.50. The van der Waals surface area contributed by atoms with Crippen molar-refractivity contribution in [1.29, 1.82) is 0 Å². The van der Waals surface area contributed by atoms with Crippen molar-refractivity contribution in [1.82, 2.24) is 0 Å². The van der Waals surface area contributed by atoms with Crippen LogP contribution in [0.25, 0.3) is 0 Å². The summed E-state index contributed by atoms with van der Waals surface area (Å²) in [6, 6.07) is 3.75. The zero-order valence-electron chi connectivity index (χ0n) is 12.2. The molecular weight excluding hydrogens is 248 g/mol. The molecule has 0 radical (unpaired) electrons. The third-order valence-electron chi connectivity index (χ3n) is 6.64. The van der Waals surface area contributed by atoms with E-state index in [0.717, 1.165) is 23.8 Å². The predicted octanol–water partition coefficient (Wildman–Crippen LogP) is 4.34. The molecule has 1 aromatic carbocycles. The molecule has 108 valence electrons. The molecule has 0 amide bonds. The van der Waals surface area contributed by atoms with E-state index in [1.54, 1.807) is 6.07 Å². The highest BCUT2D eigenvalue weighted by Gasteiger charge is 2.50. The molecule has 0 aliphatic heterocycles. The van der Waals surface area contributed by atoms with Crippen molar-refractivity contribution in [3.8, 4) is 11.5 Å². The van der Waals surface area contributed by atoms with Gasteiger partial charge >= 0.3 is 0 Å². The van der Waals surface area contributed by atoms with E-state index in [-0.39, 0.29) is 11.5 Å². The average Bonchev–Trinajstić information content (AvgIpc) is 2.84. The van der Waals surface area contributed by atoms with Crippen molar-refractivity contribution >= 4 is 0 Å². The molecule has 2 N–H and O–H groups in total. The van der Waals surface area contributed by atoms with Gasteiger partial charge in [-0.25, -0.2) is 0 Å². The second-order valence-corrected chi connectivity index (χ2v) is 7.50. The average molecular weight is 272 g/mol. The van der Waals surface area contributed by atoms with Crippen LogP contribution in [-0.4, -0.2) is 10.2 Å². The maximum atomic E-state index is 10.1. The Kier molecular flexibility index (Phi) is 2.61. The minimum atomic E-state index is 0.0451. The molecule has 4 unspecified atom stereocenters. The number of hydrogen-bond donors (Lipinski definition) is 2. The quantitative estimate of drug-likeness (QED) is 0.690. The summed E-state index contributed by atoms with van der Waals surface area (Å²) >= 11 is 0.